The predicted octanol–water partition coefficient (Wildman–Crippen LogP) is 3.17. The van der Waals surface area contributed by atoms with Crippen molar-refractivity contribution in [3.8, 4) is 0 Å². The Morgan fingerprint density at radius 2 is 2.05 bits per heavy atom. The van der Waals surface area contributed by atoms with E-state index in [0.717, 1.165) is 9.64 Å². The van der Waals surface area contributed by atoms with Crippen LogP contribution in [0, 0.1) is 19.5 Å². The van der Waals surface area contributed by atoms with Gasteiger partial charge < -0.3 is 11.1 Å². The quantitative estimate of drug-likeness (QED) is 0.357. The number of benzene rings is 2. The minimum atomic E-state index is -0.937. The summed E-state index contributed by atoms with van der Waals surface area (Å²) in [6, 6.07) is 8.48. The molecule has 1 amide bonds. The first-order valence-corrected chi connectivity index (χ1v) is 6.76. The maximum absolute atomic E-state index is 13.3. The zero-order chi connectivity index (χ0) is 15.6. The van der Waals surface area contributed by atoms with Crippen LogP contribution >= 0.6 is 22.6 Å². The summed E-state index contributed by atoms with van der Waals surface area (Å²) in [6.07, 6.45) is 0. The van der Waals surface area contributed by atoms with Gasteiger partial charge in [0.15, 0.2) is 5.82 Å². The highest BCUT2D eigenvalue weighted by atomic mass is 127. The van der Waals surface area contributed by atoms with Crippen LogP contribution in [0.15, 0.2) is 36.4 Å². The van der Waals surface area contributed by atoms with Crippen LogP contribution in [0.25, 0.3) is 0 Å². The Bertz CT molecular complexity index is 737. The maximum Gasteiger partial charge on any atom is 0.285 e. The van der Waals surface area contributed by atoms with Crippen LogP contribution in [0.5, 0.6) is 0 Å². The number of hydrogen-bond acceptors (Lipinski definition) is 4. The van der Waals surface area contributed by atoms with Crippen molar-refractivity contribution in [2.24, 2.45) is 0 Å². The molecule has 0 spiro atoms. The largest absolute Gasteiger partial charge is 0.396 e. The van der Waals surface area contributed by atoms with E-state index in [-0.39, 0.29) is 11.3 Å². The number of anilines is 2. The van der Waals surface area contributed by atoms with Crippen LogP contribution < -0.4 is 11.1 Å². The number of nitrogens with zero attached hydrogens (tertiary/aromatic N) is 1. The summed E-state index contributed by atoms with van der Waals surface area (Å²) in [4.78, 5) is 22.2. The summed E-state index contributed by atoms with van der Waals surface area (Å²) in [5, 5.41) is 13.4. The van der Waals surface area contributed by atoms with Gasteiger partial charge in [0.05, 0.1) is 16.7 Å². The lowest BCUT2D eigenvalue weighted by atomic mass is 10.1. The van der Waals surface area contributed by atoms with Gasteiger partial charge in [0.1, 0.15) is 5.56 Å². The van der Waals surface area contributed by atoms with E-state index in [2.05, 4.69) is 27.9 Å². The second-order valence-corrected chi connectivity index (χ2v) is 5.36. The molecule has 21 heavy (non-hydrogen) atoms. The summed E-state index contributed by atoms with van der Waals surface area (Å²) < 4.78 is 14.2. The van der Waals surface area contributed by atoms with E-state index in [1.807, 2.05) is 6.07 Å². The molecule has 6 nitrogen and oxygen atoms in total. The molecule has 108 valence electrons. The van der Waals surface area contributed by atoms with Gasteiger partial charge in [0.25, 0.3) is 11.6 Å². The highest BCUT2D eigenvalue weighted by Gasteiger charge is 2.23. The topological polar surface area (TPSA) is 98.3 Å². The molecule has 3 N–H and O–H groups in total. The molecule has 0 saturated heterocycles. The molecule has 2 rings (SSSR count). The van der Waals surface area contributed by atoms with Gasteiger partial charge in [0.2, 0.25) is 0 Å². The van der Waals surface area contributed by atoms with Crippen LogP contribution in [0.1, 0.15) is 10.4 Å². The Morgan fingerprint density at radius 3 is 2.67 bits per heavy atom. The van der Waals surface area contributed by atoms with Crippen LogP contribution in [-0.2, 0) is 0 Å². The Labute approximate surface area is 132 Å². The third-order valence-corrected chi connectivity index (χ3v) is 3.31. The molecule has 0 saturated carbocycles. The van der Waals surface area contributed by atoms with Crippen LogP contribution in [-0.4, -0.2) is 10.8 Å². The normalized spacial score (nSPS) is 10.2. The third-order valence-electron chi connectivity index (χ3n) is 2.64. The molecular weight excluding hydrogens is 392 g/mol. The molecular formula is C13H9FIN3O3. The zero-order valence-electron chi connectivity index (χ0n) is 10.5. The van der Waals surface area contributed by atoms with E-state index in [0.29, 0.717) is 11.8 Å². The summed E-state index contributed by atoms with van der Waals surface area (Å²) in [7, 11) is 0. The average molecular weight is 401 g/mol. The Kier molecular flexibility index (Phi) is 4.36. The maximum atomic E-state index is 13.3. The number of nitrogen functional groups attached to an aromatic ring is 1. The highest BCUT2D eigenvalue weighted by molar-refractivity contribution is 14.1. The average Bonchev–Trinajstić information content (AvgIpc) is 2.41. The molecule has 0 fully saturated rings. The lowest BCUT2D eigenvalue weighted by molar-refractivity contribution is -0.385. The molecule has 0 heterocycles. The third kappa shape index (κ3) is 3.45. The van der Waals surface area contributed by atoms with E-state index < -0.39 is 22.3 Å². The van der Waals surface area contributed by atoms with Gasteiger partial charge in [-0.1, -0.05) is 6.07 Å². The highest BCUT2D eigenvalue weighted by Crippen LogP contribution is 2.25. The fourth-order valence-corrected chi connectivity index (χ4v) is 2.22. The van der Waals surface area contributed by atoms with Crippen LogP contribution in [0.3, 0.4) is 0 Å². The summed E-state index contributed by atoms with van der Waals surface area (Å²) in [6.45, 7) is 0. The van der Waals surface area contributed by atoms with Crippen molar-refractivity contribution in [2.45, 2.75) is 0 Å². The molecule has 8 heteroatoms. The molecule has 2 aromatic rings. The van der Waals surface area contributed by atoms with E-state index in [1.54, 1.807) is 18.2 Å². The number of nitrogens with one attached hydrogen (secondary N) is 1. The van der Waals surface area contributed by atoms with Gasteiger partial charge in [-0.15, -0.1) is 0 Å². The van der Waals surface area contributed by atoms with Crippen LogP contribution in [0.2, 0.25) is 0 Å². The smallest absolute Gasteiger partial charge is 0.285 e. The molecule has 0 unspecified atom stereocenters. The summed E-state index contributed by atoms with van der Waals surface area (Å²) in [5.41, 5.74) is 4.59. The minimum absolute atomic E-state index is 0.294. The van der Waals surface area contributed by atoms with Gasteiger partial charge >= 0.3 is 0 Å². The van der Waals surface area contributed by atoms with Gasteiger partial charge in [-0.3, -0.25) is 14.9 Å². The van der Waals surface area contributed by atoms with Crippen molar-refractivity contribution in [3.05, 3.63) is 61.5 Å². The second-order valence-electron chi connectivity index (χ2n) is 4.11. The summed E-state index contributed by atoms with van der Waals surface area (Å²) >= 11 is 2.06. The fraction of sp³-hybridized carbons (Fsp3) is 0. The van der Waals surface area contributed by atoms with Gasteiger partial charge in [0, 0.05) is 9.26 Å². The van der Waals surface area contributed by atoms with Gasteiger partial charge in [-0.05, 0) is 46.9 Å². The minimum Gasteiger partial charge on any atom is -0.396 e. The monoisotopic (exact) mass is 401 g/mol. The van der Waals surface area contributed by atoms with Crippen molar-refractivity contribution >= 4 is 45.6 Å². The first kappa shape index (κ1) is 15.2. The fourth-order valence-electron chi connectivity index (χ4n) is 1.68. The Morgan fingerprint density at radius 1 is 1.33 bits per heavy atom. The lowest BCUT2D eigenvalue weighted by Crippen LogP contribution is -2.15. The standard InChI is InChI=1S/C13H9FIN3O3/c14-10-6-12(18(20)21)9(5-11(10)16)13(19)17-8-3-1-2-7(15)4-8/h1-6H,16H2,(H,17,19). The Balaban J connectivity index is 2.39. The van der Waals surface area contributed by atoms with Crippen LogP contribution in [0.4, 0.5) is 21.5 Å². The van der Waals surface area contributed by atoms with Crippen molar-refractivity contribution in [1.82, 2.24) is 0 Å². The zero-order valence-corrected chi connectivity index (χ0v) is 12.6. The molecule has 0 aliphatic carbocycles. The number of carbonyl (C=O) groups is 1. The first-order chi connectivity index (χ1) is 9.88. The molecule has 0 aromatic heterocycles. The van der Waals surface area contributed by atoms with Gasteiger partial charge in [-0.25, -0.2) is 4.39 Å². The number of carbonyl (C=O) groups excluding carboxylic acids is 1. The van der Waals surface area contributed by atoms with Crippen molar-refractivity contribution in [1.29, 1.82) is 0 Å². The van der Waals surface area contributed by atoms with Gasteiger partial charge in [-0.2, -0.15) is 0 Å². The first-order valence-electron chi connectivity index (χ1n) is 5.69. The molecule has 0 bridgehead atoms. The van der Waals surface area contributed by atoms with Crippen molar-refractivity contribution in [3.63, 3.8) is 0 Å². The lowest BCUT2D eigenvalue weighted by Gasteiger charge is -2.07. The number of hydrogen-bond donors (Lipinski definition) is 2. The number of amides is 1. The second kappa shape index (κ2) is 6.04. The number of halogens is 2. The SMILES string of the molecule is Nc1cc(C(=O)Nc2cccc(I)c2)c([N+](=O)[O-])cc1F. The number of nitrogens with two attached hydrogens (primary N) is 1. The molecule has 0 radical (unpaired) electrons. The van der Waals surface area contributed by atoms with Crippen molar-refractivity contribution < 1.29 is 14.1 Å². The molecule has 0 aliphatic heterocycles. The van der Waals surface area contributed by atoms with E-state index >= 15 is 0 Å². The Hall–Kier alpha value is -2.23. The molecule has 2 aromatic carbocycles. The predicted molar refractivity (Wildman–Crippen MR) is 84.6 cm³/mol. The number of rotatable bonds is 3. The number of nitro benzene ring substituents is 1. The summed E-state index contributed by atoms with van der Waals surface area (Å²) in [5.74, 6) is -1.66. The number of nitro groups is 1. The van der Waals surface area contributed by atoms with E-state index in [4.69, 9.17) is 5.73 Å². The molecule has 0 aliphatic rings. The van der Waals surface area contributed by atoms with E-state index in [9.17, 15) is 19.3 Å². The van der Waals surface area contributed by atoms with E-state index in [1.165, 1.54) is 0 Å². The van der Waals surface area contributed by atoms with Crippen molar-refractivity contribution in [2.75, 3.05) is 11.1 Å². The molecule has 0 atom stereocenters.